The summed E-state index contributed by atoms with van der Waals surface area (Å²) in [6.45, 7) is 7.67. The van der Waals surface area contributed by atoms with E-state index in [1.807, 2.05) is 18.8 Å². The Morgan fingerprint density at radius 1 is 1.53 bits per heavy atom. The fourth-order valence-electron chi connectivity index (χ4n) is 2.20. The van der Waals surface area contributed by atoms with E-state index >= 15 is 0 Å². The minimum atomic E-state index is 0.660. The quantitative estimate of drug-likeness (QED) is 0.921. The van der Waals surface area contributed by atoms with Crippen molar-refractivity contribution in [3.63, 3.8) is 0 Å². The molecule has 0 spiro atoms. The molecule has 0 bridgehead atoms. The SMILES string of the molecule is CNCCN1CC(C)Sc2cc(C)cc(Br)c21. The molecule has 2 nitrogen and oxygen atoms in total. The summed E-state index contributed by atoms with van der Waals surface area (Å²) < 4.78 is 1.23. The monoisotopic (exact) mass is 314 g/mol. The van der Waals surface area contributed by atoms with Gasteiger partial charge < -0.3 is 10.2 Å². The molecule has 1 aromatic rings. The Hall–Kier alpha value is -0.190. The smallest absolute Gasteiger partial charge is 0.0649 e. The van der Waals surface area contributed by atoms with Gasteiger partial charge in [-0.1, -0.05) is 6.92 Å². The summed E-state index contributed by atoms with van der Waals surface area (Å²) in [5.74, 6) is 0. The van der Waals surface area contributed by atoms with Gasteiger partial charge in [-0.3, -0.25) is 0 Å². The maximum absolute atomic E-state index is 3.71. The van der Waals surface area contributed by atoms with Crippen molar-refractivity contribution in [2.75, 3.05) is 31.6 Å². The molecule has 2 rings (SSSR count). The first-order valence-corrected chi connectivity index (χ1v) is 7.65. The normalized spacial score (nSPS) is 19.3. The molecule has 1 aromatic carbocycles. The number of aryl methyl sites for hydroxylation is 1. The van der Waals surface area contributed by atoms with E-state index in [1.54, 1.807) is 0 Å². The molecule has 1 N–H and O–H groups in total. The first kappa shape index (κ1) is 13.2. The number of nitrogens with one attached hydrogen (secondary N) is 1. The highest BCUT2D eigenvalue weighted by Crippen LogP contribution is 2.43. The van der Waals surface area contributed by atoms with Gasteiger partial charge in [0, 0.05) is 34.3 Å². The van der Waals surface area contributed by atoms with Gasteiger partial charge in [0.2, 0.25) is 0 Å². The van der Waals surface area contributed by atoms with Gasteiger partial charge in [-0.15, -0.1) is 11.8 Å². The Labute approximate surface area is 116 Å². The molecule has 4 heteroatoms. The summed E-state index contributed by atoms with van der Waals surface area (Å²) in [6, 6.07) is 4.51. The van der Waals surface area contributed by atoms with Crippen LogP contribution in [-0.4, -0.2) is 31.9 Å². The zero-order valence-corrected chi connectivity index (χ0v) is 13.0. The van der Waals surface area contributed by atoms with Crippen LogP contribution in [0.5, 0.6) is 0 Å². The maximum Gasteiger partial charge on any atom is 0.0649 e. The highest BCUT2D eigenvalue weighted by molar-refractivity contribution is 9.10. The molecule has 94 valence electrons. The Morgan fingerprint density at radius 2 is 2.29 bits per heavy atom. The van der Waals surface area contributed by atoms with Gasteiger partial charge >= 0.3 is 0 Å². The Morgan fingerprint density at radius 3 is 3.00 bits per heavy atom. The van der Waals surface area contributed by atoms with E-state index in [9.17, 15) is 0 Å². The molecule has 0 radical (unpaired) electrons. The Balaban J connectivity index is 2.34. The lowest BCUT2D eigenvalue weighted by Crippen LogP contribution is -2.38. The summed E-state index contributed by atoms with van der Waals surface area (Å²) in [7, 11) is 2.01. The summed E-state index contributed by atoms with van der Waals surface area (Å²) >= 11 is 5.70. The molecule has 0 saturated heterocycles. The number of hydrogen-bond acceptors (Lipinski definition) is 3. The number of likely N-dealkylation sites (N-methyl/N-ethyl adjacent to an activating group) is 1. The minimum absolute atomic E-state index is 0.660. The van der Waals surface area contributed by atoms with Gasteiger partial charge in [0.25, 0.3) is 0 Å². The third-order valence-corrected chi connectivity index (χ3v) is 4.65. The van der Waals surface area contributed by atoms with Crippen molar-refractivity contribution < 1.29 is 0 Å². The van der Waals surface area contributed by atoms with Crippen LogP contribution in [0, 0.1) is 6.92 Å². The average Bonchev–Trinajstić information content (AvgIpc) is 2.24. The van der Waals surface area contributed by atoms with Gasteiger partial charge in [0.1, 0.15) is 0 Å². The predicted molar refractivity (Wildman–Crippen MR) is 80.3 cm³/mol. The summed E-state index contributed by atoms with van der Waals surface area (Å²) in [4.78, 5) is 3.89. The van der Waals surface area contributed by atoms with Crippen molar-refractivity contribution >= 4 is 33.4 Å². The Bertz CT molecular complexity index is 409. The molecule has 0 saturated carbocycles. The molecule has 17 heavy (non-hydrogen) atoms. The van der Waals surface area contributed by atoms with E-state index in [2.05, 4.69) is 52.1 Å². The number of nitrogens with zero attached hydrogens (tertiary/aromatic N) is 1. The third kappa shape index (κ3) is 2.98. The van der Waals surface area contributed by atoms with Gasteiger partial charge in [-0.25, -0.2) is 0 Å². The lowest BCUT2D eigenvalue weighted by Gasteiger charge is -2.35. The van der Waals surface area contributed by atoms with Gasteiger partial charge in [-0.2, -0.15) is 0 Å². The van der Waals surface area contributed by atoms with Crippen LogP contribution in [0.1, 0.15) is 12.5 Å². The van der Waals surface area contributed by atoms with Crippen LogP contribution in [0.15, 0.2) is 21.5 Å². The van der Waals surface area contributed by atoms with Crippen molar-refractivity contribution in [3.8, 4) is 0 Å². The highest BCUT2D eigenvalue weighted by Gasteiger charge is 2.24. The molecular weight excluding hydrogens is 296 g/mol. The predicted octanol–water partition coefficient (Wildman–Crippen LogP) is 3.28. The van der Waals surface area contributed by atoms with Crippen molar-refractivity contribution in [3.05, 3.63) is 22.2 Å². The van der Waals surface area contributed by atoms with E-state index < -0.39 is 0 Å². The van der Waals surface area contributed by atoms with Crippen LogP contribution in [-0.2, 0) is 0 Å². The second kappa shape index (κ2) is 5.63. The number of rotatable bonds is 3. The molecule has 0 aromatic heterocycles. The first-order valence-electron chi connectivity index (χ1n) is 5.98. The second-order valence-corrected chi connectivity index (χ2v) is 6.91. The minimum Gasteiger partial charge on any atom is -0.367 e. The molecule has 1 aliphatic heterocycles. The average molecular weight is 315 g/mol. The summed E-state index contributed by atoms with van der Waals surface area (Å²) in [5.41, 5.74) is 2.69. The summed E-state index contributed by atoms with van der Waals surface area (Å²) in [6.07, 6.45) is 0. The van der Waals surface area contributed by atoms with Crippen LogP contribution >= 0.6 is 27.7 Å². The van der Waals surface area contributed by atoms with Crippen molar-refractivity contribution in [2.24, 2.45) is 0 Å². The number of anilines is 1. The molecular formula is C13H19BrN2S. The maximum atomic E-state index is 3.71. The Kier molecular flexibility index (Phi) is 4.39. The van der Waals surface area contributed by atoms with Crippen LogP contribution in [0.3, 0.4) is 0 Å². The van der Waals surface area contributed by atoms with Crippen LogP contribution in [0.25, 0.3) is 0 Å². The van der Waals surface area contributed by atoms with E-state index in [-0.39, 0.29) is 0 Å². The molecule has 0 fully saturated rings. The van der Waals surface area contributed by atoms with E-state index in [0.717, 1.165) is 19.6 Å². The number of fused-ring (bicyclic) bond motifs is 1. The fraction of sp³-hybridized carbons (Fsp3) is 0.538. The standard InChI is InChI=1S/C13H19BrN2S/c1-9-6-11(14)13-12(7-9)17-10(2)8-16(13)5-4-15-3/h6-7,10,15H,4-5,8H2,1-3H3. The number of halogens is 1. The highest BCUT2D eigenvalue weighted by atomic mass is 79.9. The number of hydrogen-bond donors (Lipinski definition) is 1. The number of thioether (sulfide) groups is 1. The molecule has 1 heterocycles. The van der Waals surface area contributed by atoms with Crippen molar-refractivity contribution in [1.29, 1.82) is 0 Å². The van der Waals surface area contributed by atoms with Gasteiger partial charge in [0.05, 0.1) is 5.69 Å². The van der Waals surface area contributed by atoms with Gasteiger partial charge in [0.15, 0.2) is 0 Å². The largest absolute Gasteiger partial charge is 0.367 e. The topological polar surface area (TPSA) is 15.3 Å². The zero-order chi connectivity index (χ0) is 12.4. The van der Waals surface area contributed by atoms with Crippen LogP contribution in [0.4, 0.5) is 5.69 Å². The molecule has 0 aliphatic carbocycles. The molecule has 1 unspecified atom stereocenters. The molecule has 1 atom stereocenters. The van der Waals surface area contributed by atoms with Gasteiger partial charge in [-0.05, 0) is 47.6 Å². The van der Waals surface area contributed by atoms with Crippen LogP contribution < -0.4 is 10.2 Å². The van der Waals surface area contributed by atoms with E-state index in [4.69, 9.17) is 0 Å². The van der Waals surface area contributed by atoms with Crippen molar-refractivity contribution in [2.45, 2.75) is 24.0 Å². The van der Waals surface area contributed by atoms with E-state index in [0.29, 0.717) is 5.25 Å². The summed E-state index contributed by atoms with van der Waals surface area (Å²) in [5, 5.41) is 3.89. The van der Waals surface area contributed by atoms with Crippen LogP contribution in [0.2, 0.25) is 0 Å². The third-order valence-electron chi connectivity index (χ3n) is 2.93. The molecule has 0 amide bonds. The fourth-order valence-corrected chi connectivity index (χ4v) is 4.45. The second-order valence-electron chi connectivity index (χ2n) is 4.57. The first-order chi connectivity index (χ1) is 8.11. The van der Waals surface area contributed by atoms with Crippen molar-refractivity contribution in [1.82, 2.24) is 5.32 Å². The zero-order valence-electron chi connectivity index (χ0n) is 10.6. The lowest BCUT2D eigenvalue weighted by molar-refractivity contribution is 0.702. The molecule has 1 aliphatic rings. The van der Waals surface area contributed by atoms with E-state index in [1.165, 1.54) is 20.6 Å². The lowest BCUT2D eigenvalue weighted by atomic mass is 10.2. The number of benzene rings is 1.